The molecule has 1 aliphatic rings. The standard InChI is InChI=1S/C22H31N5O4S/c1-4-25-7-9-26(10-8-25)20(29)12-17-15-32-22(23-17)24-19(28)14-27(13-16(2)3)21(30)18-6-5-11-31-18/h5-6,11,15-16H,4,7-10,12-14H2,1-3H3,(H,23,24,28). The van der Waals surface area contributed by atoms with Crippen molar-refractivity contribution in [1.29, 1.82) is 0 Å². The van der Waals surface area contributed by atoms with E-state index in [4.69, 9.17) is 4.42 Å². The molecule has 0 saturated carbocycles. The Bertz CT molecular complexity index is 903. The lowest BCUT2D eigenvalue weighted by Gasteiger charge is -2.34. The Morgan fingerprint density at radius 1 is 1.25 bits per heavy atom. The molecule has 2 aromatic heterocycles. The summed E-state index contributed by atoms with van der Waals surface area (Å²) >= 11 is 1.27. The zero-order valence-corrected chi connectivity index (χ0v) is 19.7. The Hall–Kier alpha value is -2.72. The number of furan rings is 1. The van der Waals surface area contributed by atoms with Gasteiger partial charge >= 0.3 is 0 Å². The topological polar surface area (TPSA) is 99.0 Å². The number of aromatic nitrogens is 1. The summed E-state index contributed by atoms with van der Waals surface area (Å²) in [6.45, 7) is 10.7. The predicted molar refractivity (Wildman–Crippen MR) is 123 cm³/mol. The van der Waals surface area contributed by atoms with E-state index < -0.39 is 0 Å². The molecule has 0 spiro atoms. The molecule has 3 heterocycles. The highest BCUT2D eigenvalue weighted by Gasteiger charge is 2.23. The highest BCUT2D eigenvalue weighted by atomic mass is 32.1. The summed E-state index contributed by atoms with van der Waals surface area (Å²) in [5.74, 6) is -0.219. The van der Waals surface area contributed by atoms with Gasteiger partial charge in [-0.2, -0.15) is 0 Å². The summed E-state index contributed by atoms with van der Waals surface area (Å²) in [5, 5.41) is 4.95. The maximum Gasteiger partial charge on any atom is 0.290 e. The number of thiazole rings is 1. The van der Waals surface area contributed by atoms with Crippen molar-refractivity contribution in [2.45, 2.75) is 27.2 Å². The Labute approximate surface area is 192 Å². The number of nitrogens with zero attached hydrogens (tertiary/aromatic N) is 4. The molecule has 1 N–H and O–H groups in total. The SMILES string of the molecule is CCN1CCN(C(=O)Cc2csc(NC(=O)CN(CC(C)C)C(=O)c3ccco3)n2)CC1. The van der Waals surface area contributed by atoms with Crippen LogP contribution >= 0.6 is 11.3 Å². The van der Waals surface area contributed by atoms with E-state index in [1.807, 2.05) is 18.7 Å². The molecule has 1 aliphatic heterocycles. The first-order chi connectivity index (χ1) is 15.4. The van der Waals surface area contributed by atoms with Gasteiger partial charge in [-0.3, -0.25) is 14.4 Å². The fraction of sp³-hybridized carbons (Fsp3) is 0.545. The molecular weight excluding hydrogens is 430 g/mol. The average Bonchev–Trinajstić information content (AvgIpc) is 3.45. The number of carbonyl (C=O) groups is 3. The van der Waals surface area contributed by atoms with Gasteiger partial charge in [0.25, 0.3) is 5.91 Å². The highest BCUT2D eigenvalue weighted by molar-refractivity contribution is 7.13. The van der Waals surface area contributed by atoms with Gasteiger partial charge in [0.15, 0.2) is 10.9 Å². The molecule has 3 amide bonds. The molecule has 1 fully saturated rings. The van der Waals surface area contributed by atoms with Crippen LogP contribution in [0.2, 0.25) is 0 Å². The second-order valence-electron chi connectivity index (χ2n) is 8.24. The molecule has 174 valence electrons. The molecule has 10 heteroatoms. The van der Waals surface area contributed by atoms with Crippen molar-refractivity contribution < 1.29 is 18.8 Å². The van der Waals surface area contributed by atoms with Crippen molar-refractivity contribution in [3.8, 4) is 0 Å². The second kappa shape index (κ2) is 11.2. The van der Waals surface area contributed by atoms with Crippen molar-refractivity contribution in [3.63, 3.8) is 0 Å². The Kier molecular flexibility index (Phi) is 8.40. The van der Waals surface area contributed by atoms with Crippen molar-refractivity contribution in [2.75, 3.05) is 51.1 Å². The van der Waals surface area contributed by atoms with Crippen molar-refractivity contribution in [2.24, 2.45) is 5.92 Å². The highest BCUT2D eigenvalue weighted by Crippen LogP contribution is 2.17. The summed E-state index contributed by atoms with van der Waals surface area (Å²) in [4.78, 5) is 47.8. The molecule has 9 nitrogen and oxygen atoms in total. The van der Waals surface area contributed by atoms with Gasteiger partial charge in [0, 0.05) is 38.1 Å². The summed E-state index contributed by atoms with van der Waals surface area (Å²) in [6, 6.07) is 3.22. The molecule has 0 aliphatic carbocycles. The molecule has 0 unspecified atom stereocenters. The van der Waals surface area contributed by atoms with Crippen molar-refractivity contribution in [1.82, 2.24) is 19.7 Å². The molecule has 0 bridgehead atoms. The maximum atomic E-state index is 12.6. The van der Waals surface area contributed by atoms with E-state index in [1.165, 1.54) is 22.5 Å². The number of nitrogens with one attached hydrogen (secondary N) is 1. The number of carbonyl (C=O) groups excluding carboxylic acids is 3. The number of piperazine rings is 1. The van der Waals surface area contributed by atoms with Gasteiger partial charge in [-0.25, -0.2) is 4.98 Å². The lowest BCUT2D eigenvalue weighted by atomic mass is 10.2. The van der Waals surface area contributed by atoms with Crippen LogP contribution in [0.5, 0.6) is 0 Å². The third-order valence-electron chi connectivity index (χ3n) is 5.24. The normalized spacial score (nSPS) is 14.6. The minimum Gasteiger partial charge on any atom is -0.459 e. The van der Waals surface area contributed by atoms with Gasteiger partial charge in [-0.05, 0) is 24.6 Å². The van der Waals surface area contributed by atoms with Gasteiger partial charge in [0.1, 0.15) is 6.54 Å². The van der Waals surface area contributed by atoms with E-state index in [0.29, 0.717) is 17.4 Å². The number of likely N-dealkylation sites (N-methyl/N-ethyl adjacent to an activating group) is 1. The zero-order valence-electron chi connectivity index (χ0n) is 18.9. The van der Waals surface area contributed by atoms with Crippen LogP contribution in [0.1, 0.15) is 37.0 Å². The Morgan fingerprint density at radius 3 is 2.62 bits per heavy atom. The van der Waals surface area contributed by atoms with E-state index in [2.05, 4.69) is 22.1 Å². The quantitative estimate of drug-likeness (QED) is 0.615. The second-order valence-corrected chi connectivity index (χ2v) is 9.10. The van der Waals surface area contributed by atoms with E-state index in [-0.39, 0.29) is 42.4 Å². The lowest BCUT2D eigenvalue weighted by molar-refractivity contribution is -0.132. The molecule has 0 aromatic carbocycles. The number of hydrogen-bond donors (Lipinski definition) is 1. The van der Waals surface area contributed by atoms with Gasteiger partial charge in [-0.1, -0.05) is 20.8 Å². The fourth-order valence-electron chi connectivity index (χ4n) is 3.57. The van der Waals surface area contributed by atoms with E-state index in [1.54, 1.807) is 17.5 Å². The fourth-order valence-corrected chi connectivity index (χ4v) is 4.30. The summed E-state index contributed by atoms with van der Waals surface area (Å²) in [5.41, 5.74) is 0.638. The molecule has 32 heavy (non-hydrogen) atoms. The van der Waals surface area contributed by atoms with Gasteiger partial charge < -0.3 is 24.4 Å². The maximum absolute atomic E-state index is 12.6. The smallest absolute Gasteiger partial charge is 0.290 e. The largest absolute Gasteiger partial charge is 0.459 e. The number of anilines is 1. The van der Waals surface area contributed by atoms with Crippen LogP contribution in [0.4, 0.5) is 5.13 Å². The van der Waals surface area contributed by atoms with Crippen molar-refractivity contribution >= 4 is 34.2 Å². The van der Waals surface area contributed by atoms with E-state index in [0.717, 1.165) is 32.7 Å². The van der Waals surface area contributed by atoms with Crippen LogP contribution in [0, 0.1) is 5.92 Å². The van der Waals surface area contributed by atoms with Crippen LogP contribution in [0.25, 0.3) is 0 Å². The zero-order chi connectivity index (χ0) is 23.1. The first kappa shape index (κ1) is 23.9. The van der Waals surface area contributed by atoms with Crippen LogP contribution in [0.15, 0.2) is 28.2 Å². The minimum absolute atomic E-state index is 0.0519. The number of rotatable bonds is 9. The molecule has 1 saturated heterocycles. The van der Waals surface area contributed by atoms with Crippen LogP contribution in [-0.4, -0.2) is 83.2 Å². The predicted octanol–water partition coefficient (Wildman–Crippen LogP) is 2.18. The van der Waals surface area contributed by atoms with Gasteiger partial charge in [0.2, 0.25) is 11.8 Å². The Balaban J connectivity index is 1.53. The number of hydrogen-bond acceptors (Lipinski definition) is 7. The summed E-state index contributed by atoms with van der Waals surface area (Å²) < 4.78 is 5.19. The first-order valence-electron chi connectivity index (χ1n) is 10.9. The third kappa shape index (κ3) is 6.64. The summed E-state index contributed by atoms with van der Waals surface area (Å²) in [7, 11) is 0. The van der Waals surface area contributed by atoms with E-state index >= 15 is 0 Å². The van der Waals surface area contributed by atoms with Gasteiger partial charge in [0.05, 0.1) is 18.4 Å². The van der Waals surface area contributed by atoms with Crippen molar-refractivity contribution in [3.05, 3.63) is 35.2 Å². The van der Waals surface area contributed by atoms with Gasteiger partial charge in [-0.15, -0.1) is 11.3 Å². The first-order valence-corrected chi connectivity index (χ1v) is 11.8. The number of amides is 3. The molecule has 0 atom stereocenters. The van der Waals surface area contributed by atoms with Crippen LogP contribution in [0.3, 0.4) is 0 Å². The molecule has 3 rings (SSSR count). The average molecular weight is 462 g/mol. The summed E-state index contributed by atoms with van der Waals surface area (Å²) in [6.07, 6.45) is 1.65. The monoisotopic (exact) mass is 461 g/mol. The lowest BCUT2D eigenvalue weighted by Crippen LogP contribution is -2.48. The molecular formula is C22H31N5O4S. The van der Waals surface area contributed by atoms with E-state index in [9.17, 15) is 14.4 Å². The Morgan fingerprint density at radius 2 is 2.00 bits per heavy atom. The minimum atomic E-state index is -0.339. The van der Waals surface area contributed by atoms with Crippen LogP contribution in [-0.2, 0) is 16.0 Å². The molecule has 2 aromatic rings. The third-order valence-corrected chi connectivity index (χ3v) is 6.05. The van der Waals surface area contributed by atoms with Crippen LogP contribution < -0.4 is 5.32 Å². The molecule has 0 radical (unpaired) electrons.